The van der Waals surface area contributed by atoms with Crippen LogP contribution in [0, 0.1) is 13.8 Å². The molecular weight excluding hydrogens is 359 g/mol. The second-order valence-corrected chi connectivity index (χ2v) is 6.58. The molecule has 1 aromatic heterocycles. The van der Waals surface area contributed by atoms with Crippen LogP contribution in [0.25, 0.3) is 0 Å². The van der Waals surface area contributed by atoms with Gasteiger partial charge in [-0.05, 0) is 32.0 Å². The maximum atomic E-state index is 12.8. The maximum absolute atomic E-state index is 12.8. The van der Waals surface area contributed by atoms with Crippen molar-refractivity contribution in [2.45, 2.75) is 39.0 Å². The minimum absolute atomic E-state index is 0.0474. The van der Waals surface area contributed by atoms with Crippen molar-refractivity contribution in [2.75, 3.05) is 13.1 Å². The molecule has 2 heterocycles. The summed E-state index contributed by atoms with van der Waals surface area (Å²) in [6, 6.07) is 6.28. The van der Waals surface area contributed by atoms with Crippen molar-refractivity contribution < 1.29 is 22.7 Å². The summed E-state index contributed by atoms with van der Waals surface area (Å²) in [6.07, 6.45) is -3.38. The number of likely N-dealkylation sites (tertiary alicyclic amines) is 1. The van der Waals surface area contributed by atoms with Gasteiger partial charge in [-0.2, -0.15) is 18.2 Å². The Kier molecular flexibility index (Phi) is 5.34. The molecule has 0 unspecified atom stereocenters. The molecule has 0 saturated carbocycles. The van der Waals surface area contributed by atoms with Gasteiger partial charge in [0.05, 0.1) is 5.56 Å². The fourth-order valence-corrected chi connectivity index (χ4v) is 3.10. The molecule has 8 heteroatoms. The third-order valence-electron chi connectivity index (χ3n) is 4.40. The Bertz CT molecular complexity index is 811. The van der Waals surface area contributed by atoms with Crippen LogP contribution in [0.15, 0.2) is 30.3 Å². The fourth-order valence-electron chi connectivity index (χ4n) is 3.10. The van der Waals surface area contributed by atoms with Crippen LogP contribution in [-0.2, 0) is 6.18 Å². The van der Waals surface area contributed by atoms with Crippen LogP contribution in [-0.4, -0.2) is 40.0 Å². The first kappa shape index (κ1) is 19.1. The Balaban J connectivity index is 1.61. The Labute approximate surface area is 155 Å². The van der Waals surface area contributed by atoms with Crippen LogP contribution >= 0.6 is 0 Å². The number of halogens is 3. The van der Waals surface area contributed by atoms with E-state index in [-0.39, 0.29) is 11.7 Å². The van der Waals surface area contributed by atoms with Crippen molar-refractivity contribution in [1.29, 1.82) is 0 Å². The number of carbonyl (C=O) groups excluding carboxylic acids is 1. The van der Waals surface area contributed by atoms with Gasteiger partial charge in [0.2, 0.25) is 5.88 Å². The zero-order chi connectivity index (χ0) is 19.6. The maximum Gasteiger partial charge on any atom is 0.416 e. The van der Waals surface area contributed by atoms with Gasteiger partial charge in [0.25, 0.3) is 5.91 Å². The summed E-state index contributed by atoms with van der Waals surface area (Å²) < 4.78 is 44.4. The Morgan fingerprint density at radius 1 is 1.15 bits per heavy atom. The molecule has 0 bridgehead atoms. The first-order valence-electron chi connectivity index (χ1n) is 8.68. The van der Waals surface area contributed by atoms with E-state index in [1.165, 1.54) is 12.1 Å². The molecule has 1 aliphatic rings. The number of alkyl halides is 3. The van der Waals surface area contributed by atoms with Crippen molar-refractivity contribution in [3.8, 4) is 5.88 Å². The van der Waals surface area contributed by atoms with Crippen LogP contribution in [0.3, 0.4) is 0 Å². The molecule has 27 heavy (non-hydrogen) atoms. The molecule has 1 amide bonds. The van der Waals surface area contributed by atoms with Crippen LogP contribution in [0.2, 0.25) is 0 Å². The van der Waals surface area contributed by atoms with Crippen molar-refractivity contribution >= 4 is 5.91 Å². The predicted molar refractivity (Wildman–Crippen MR) is 92.5 cm³/mol. The number of piperidine rings is 1. The highest BCUT2D eigenvalue weighted by Crippen LogP contribution is 2.30. The number of ether oxygens (including phenoxy) is 1. The third kappa shape index (κ3) is 4.75. The molecule has 0 N–H and O–H groups in total. The molecule has 0 atom stereocenters. The summed E-state index contributed by atoms with van der Waals surface area (Å²) in [6.45, 7) is 4.49. The minimum atomic E-state index is -4.47. The average molecular weight is 379 g/mol. The summed E-state index contributed by atoms with van der Waals surface area (Å²) in [7, 11) is 0. The number of rotatable bonds is 3. The van der Waals surface area contributed by atoms with E-state index < -0.39 is 17.6 Å². The molecular formula is C19H20F3N3O2. The molecule has 1 aliphatic heterocycles. The molecule has 1 fully saturated rings. The number of hydrogen-bond acceptors (Lipinski definition) is 4. The minimum Gasteiger partial charge on any atom is -0.474 e. The van der Waals surface area contributed by atoms with E-state index in [1.54, 1.807) is 17.9 Å². The van der Waals surface area contributed by atoms with Gasteiger partial charge in [-0.25, -0.2) is 4.98 Å². The molecule has 1 saturated heterocycles. The summed E-state index contributed by atoms with van der Waals surface area (Å²) in [5.41, 5.74) is 0.0435. The lowest BCUT2D eigenvalue weighted by Crippen LogP contribution is -2.42. The second kappa shape index (κ2) is 7.54. The summed E-state index contributed by atoms with van der Waals surface area (Å²) in [4.78, 5) is 22.5. The predicted octanol–water partition coefficient (Wildman–Crippen LogP) is 3.80. The quantitative estimate of drug-likeness (QED) is 0.814. The van der Waals surface area contributed by atoms with E-state index in [2.05, 4.69) is 9.97 Å². The number of benzene rings is 1. The highest BCUT2D eigenvalue weighted by Gasteiger charge is 2.32. The van der Waals surface area contributed by atoms with E-state index in [0.717, 1.165) is 17.8 Å². The van der Waals surface area contributed by atoms with Gasteiger partial charge in [0.15, 0.2) is 0 Å². The molecule has 0 aliphatic carbocycles. The third-order valence-corrected chi connectivity index (χ3v) is 4.40. The Hall–Kier alpha value is -2.64. The summed E-state index contributed by atoms with van der Waals surface area (Å²) >= 11 is 0. The molecule has 0 radical (unpaired) electrons. The van der Waals surface area contributed by atoms with E-state index >= 15 is 0 Å². The summed E-state index contributed by atoms with van der Waals surface area (Å²) in [5, 5.41) is 0. The number of aromatic nitrogens is 2. The Morgan fingerprint density at radius 2 is 1.85 bits per heavy atom. The van der Waals surface area contributed by atoms with E-state index in [0.29, 0.717) is 37.6 Å². The van der Waals surface area contributed by atoms with Crippen LogP contribution in [0.1, 0.15) is 40.3 Å². The first-order chi connectivity index (χ1) is 12.7. The van der Waals surface area contributed by atoms with Crippen molar-refractivity contribution in [3.05, 3.63) is 53.0 Å². The van der Waals surface area contributed by atoms with Gasteiger partial charge in [-0.3, -0.25) is 4.79 Å². The van der Waals surface area contributed by atoms with E-state index in [4.69, 9.17) is 4.74 Å². The molecule has 3 rings (SSSR count). The number of amides is 1. The fraction of sp³-hybridized carbons (Fsp3) is 0.421. The topological polar surface area (TPSA) is 55.3 Å². The smallest absolute Gasteiger partial charge is 0.416 e. The molecule has 144 valence electrons. The lowest BCUT2D eigenvalue weighted by molar-refractivity contribution is -0.137. The molecule has 0 spiro atoms. The number of carbonyl (C=O) groups is 1. The number of nitrogens with zero attached hydrogens (tertiary/aromatic N) is 3. The highest BCUT2D eigenvalue weighted by molar-refractivity contribution is 5.94. The van der Waals surface area contributed by atoms with Gasteiger partial charge < -0.3 is 9.64 Å². The second-order valence-electron chi connectivity index (χ2n) is 6.58. The largest absolute Gasteiger partial charge is 0.474 e. The lowest BCUT2D eigenvalue weighted by atomic mass is 10.0. The normalized spacial score (nSPS) is 15.7. The number of aryl methyl sites for hydroxylation is 2. The van der Waals surface area contributed by atoms with Crippen LogP contribution in [0.4, 0.5) is 13.2 Å². The lowest BCUT2D eigenvalue weighted by Gasteiger charge is -2.32. The van der Waals surface area contributed by atoms with E-state index in [1.807, 2.05) is 6.92 Å². The van der Waals surface area contributed by atoms with Gasteiger partial charge >= 0.3 is 6.18 Å². The zero-order valence-electron chi connectivity index (χ0n) is 15.1. The van der Waals surface area contributed by atoms with Gasteiger partial charge in [-0.1, -0.05) is 6.07 Å². The molecule has 2 aromatic rings. The average Bonchev–Trinajstić information content (AvgIpc) is 2.60. The molecule has 1 aromatic carbocycles. The summed E-state index contributed by atoms with van der Waals surface area (Å²) in [5.74, 6) is 0.734. The van der Waals surface area contributed by atoms with Gasteiger partial charge in [0, 0.05) is 43.3 Å². The SMILES string of the molecule is Cc1cc(OC2CCN(C(=O)c3cccc(C(F)(F)F)c3)CC2)nc(C)n1. The van der Waals surface area contributed by atoms with E-state index in [9.17, 15) is 18.0 Å². The van der Waals surface area contributed by atoms with Crippen molar-refractivity contribution in [1.82, 2.24) is 14.9 Å². The monoisotopic (exact) mass is 379 g/mol. The standard InChI is InChI=1S/C19H20F3N3O2/c1-12-10-17(24-13(2)23-12)27-16-6-8-25(9-7-16)18(26)14-4-3-5-15(11-14)19(20,21)22/h3-5,10-11,16H,6-9H2,1-2H3. The highest BCUT2D eigenvalue weighted by atomic mass is 19.4. The molecule has 5 nitrogen and oxygen atoms in total. The van der Waals surface area contributed by atoms with Crippen LogP contribution < -0.4 is 4.74 Å². The zero-order valence-corrected chi connectivity index (χ0v) is 15.1. The number of hydrogen-bond donors (Lipinski definition) is 0. The first-order valence-corrected chi connectivity index (χ1v) is 8.68. The van der Waals surface area contributed by atoms with Gasteiger partial charge in [-0.15, -0.1) is 0 Å². The van der Waals surface area contributed by atoms with Crippen molar-refractivity contribution in [3.63, 3.8) is 0 Å². The Morgan fingerprint density at radius 3 is 2.48 bits per heavy atom. The van der Waals surface area contributed by atoms with Gasteiger partial charge in [0.1, 0.15) is 11.9 Å². The van der Waals surface area contributed by atoms with Crippen LogP contribution in [0.5, 0.6) is 5.88 Å². The van der Waals surface area contributed by atoms with Crippen molar-refractivity contribution in [2.24, 2.45) is 0 Å².